The summed E-state index contributed by atoms with van der Waals surface area (Å²) in [4.78, 5) is 14.5. The molecule has 1 fully saturated rings. The van der Waals surface area contributed by atoms with E-state index in [9.17, 15) is 4.79 Å². The first kappa shape index (κ1) is 18.2. The first-order chi connectivity index (χ1) is 10.7. The van der Waals surface area contributed by atoms with Gasteiger partial charge < -0.3 is 10.6 Å². The number of hydrogen-bond acceptors (Lipinski definition) is 3. The highest BCUT2D eigenvalue weighted by molar-refractivity contribution is 5.92. The Labute approximate surface area is 145 Å². The van der Waals surface area contributed by atoms with Crippen molar-refractivity contribution in [3.05, 3.63) is 29.3 Å². The minimum absolute atomic E-state index is 0. The van der Waals surface area contributed by atoms with E-state index < -0.39 is 0 Å². The van der Waals surface area contributed by atoms with E-state index in [4.69, 9.17) is 0 Å². The molecule has 1 saturated heterocycles. The number of hydrogen-bond donors (Lipinski definition) is 2. The van der Waals surface area contributed by atoms with Crippen molar-refractivity contribution >= 4 is 24.0 Å². The third-order valence-corrected chi connectivity index (χ3v) is 4.94. The minimum atomic E-state index is 0. The van der Waals surface area contributed by atoms with Gasteiger partial charge in [0.05, 0.1) is 6.54 Å². The van der Waals surface area contributed by atoms with Gasteiger partial charge in [0.15, 0.2) is 0 Å². The SMILES string of the molecule is CN(CC(=O)Nc1ccc2c(c1)CCC2)C1CCCNCC1.Cl. The summed E-state index contributed by atoms with van der Waals surface area (Å²) in [5, 5.41) is 6.48. The van der Waals surface area contributed by atoms with Crippen LogP contribution in [-0.2, 0) is 17.6 Å². The maximum atomic E-state index is 12.3. The fraction of sp³-hybridized carbons (Fsp3) is 0.611. The Balaban J connectivity index is 0.00000192. The van der Waals surface area contributed by atoms with Gasteiger partial charge in [0, 0.05) is 11.7 Å². The predicted molar refractivity (Wildman–Crippen MR) is 97.5 cm³/mol. The third-order valence-electron chi connectivity index (χ3n) is 4.94. The van der Waals surface area contributed by atoms with Gasteiger partial charge in [-0.3, -0.25) is 9.69 Å². The van der Waals surface area contributed by atoms with Gasteiger partial charge in [-0.1, -0.05) is 6.07 Å². The first-order valence-corrected chi connectivity index (χ1v) is 8.55. The average molecular weight is 338 g/mol. The maximum Gasteiger partial charge on any atom is 0.238 e. The highest BCUT2D eigenvalue weighted by Crippen LogP contribution is 2.24. The lowest BCUT2D eigenvalue weighted by Gasteiger charge is -2.26. The van der Waals surface area contributed by atoms with Crippen LogP contribution in [0.3, 0.4) is 0 Å². The van der Waals surface area contributed by atoms with Crippen molar-refractivity contribution in [3.8, 4) is 0 Å². The quantitative estimate of drug-likeness (QED) is 0.887. The molecule has 1 aliphatic carbocycles. The Morgan fingerprint density at radius 3 is 2.91 bits per heavy atom. The van der Waals surface area contributed by atoms with Crippen LogP contribution in [0, 0.1) is 0 Å². The molecule has 128 valence electrons. The van der Waals surface area contributed by atoms with Gasteiger partial charge in [-0.05, 0) is 81.9 Å². The average Bonchev–Trinajstić information content (AvgIpc) is 2.79. The molecule has 1 amide bonds. The van der Waals surface area contributed by atoms with E-state index >= 15 is 0 Å². The van der Waals surface area contributed by atoms with Crippen LogP contribution in [0.2, 0.25) is 0 Å². The third kappa shape index (κ3) is 4.93. The van der Waals surface area contributed by atoms with Crippen molar-refractivity contribution in [1.29, 1.82) is 0 Å². The summed E-state index contributed by atoms with van der Waals surface area (Å²) in [7, 11) is 2.07. The Kier molecular flexibility index (Phi) is 6.88. The molecule has 2 N–H and O–H groups in total. The van der Waals surface area contributed by atoms with Gasteiger partial charge in [0.2, 0.25) is 5.91 Å². The number of aryl methyl sites for hydroxylation is 2. The van der Waals surface area contributed by atoms with Crippen molar-refractivity contribution in [2.45, 2.75) is 44.6 Å². The molecule has 0 spiro atoms. The lowest BCUT2D eigenvalue weighted by Crippen LogP contribution is -2.38. The second-order valence-electron chi connectivity index (χ2n) is 6.64. The Morgan fingerprint density at radius 1 is 1.22 bits per heavy atom. The summed E-state index contributed by atoms with van der Waals surface area (Å²) in [6.45, 7) is 2.63. The van der Waals surface area contributed by atoms with Crippen LogP contribution < -0.4 is 10.6 Å². The summed E-state index contributed by atoms with van der Waals surface area (Å²) in [6, 6.07) is 6.87. The van der Waals surface area contributed by atoms with Crippen LogP contribution in [-0.4, -0.2) is 43.5 Å². The van der Waals surface area contributed by atoms with Crippen LogP contribution in [0.4, 0.5) is 5.69 Å². The zero-order valence-electron chi connectivity index (χ0n) is 13.9. The van der Waals surface area contributed by atoms with Gasteiger partial charge in [0.1, 0.15) is 0 Å². The molecule has 1 aromatic carbocycles. The van der Waals surface area contributed by atoms with Crippen LogP contribution in [0.5, 0.6) is 0 Å². The summed E-state index contributed by atoms with van der Waals surface area (Å²) >= 11 is 0. The molecular weight excluding hydrogens is 310 g/mol. The normalized spacial score (nSPS) is 20.5. The smallest absolute Gasteiger partial charge is 0.238 e. The van der Waals surface area contributed by atoms with E-state index in [1.165, 1.54) is 36.8 Å². The number of likely N-dealkylation sites (N-methyl/N-ethyl adjacent to an activating group) is 1. The van der Waals surface area contributed by atoms with Crippen molar-refractivity contribution in [3.63, 3.8) is 0 Å². The molecule has 1 aliphatic heterocycles. The molecule has 23 heavy (non-hydrogen) atoms. The monoisotopic (exact) mass is 337 g/mol. The predicted octanol–water partition coefficient (Wildman–Crippen LogP) is 2.61. The highest BCUT2D eigenvalue weighted by atomic mass is 35.5. The van der Waals surface area contributed by atoms with E-state index in [0.717, 1.165) is 31.6 Å². The number of amides is 1. The Hall–Kier alpha value is -1.10. The first-order valence-electron chi connectivity index (χ1n) is 8.55. The Morgan fingerprint density at radius 2 is 2.04 bits per heavy atom. The number of halogens is 1. The molecule has 1 aromatic rings. The number of fused-ring (bicyclic) bond motifs is 1. The second kappa shape index (κ2) is 8.67. The molecule has 0 saturated carbocycles. The lowest BCUT2D eigenvalue weighted by atomic mass is 10.1. The molecule has 4 nitrogen and oxygen atoms in total. The standard InChI is InChI=1S/C18H27N3O.ClH/c1-21(17-6-3-10-19-11-9-17)13-18(22)20-16-8-7-14-4-2-5-15(14)12-16;/h7-8,12,17,19H,2-6,9-11,13H2,1H3,(H,20,22);1H. The van der Waals surface area contributed by atoms with Crippen molar-refractivity contribution in [2.75, 3.05) is 32.0 Å². The summed E-state index contributed by atoms with van der Waals surface area (Å²) in [6.07, 6.45) is 7.07. The molecule has 1 heterocycles. The number of nitrogens with zero attached hydrogens (tertiary/aromatic N) is 1. The number of benzene rings is 1. The summed E-state index contributed by atoms with van der Waals surface area (Å²) in [5.74, 6) is 0.0950. The molecule has 0 bridgehead atoms. The molecule has 1 unspecified atom stereocenters. The molecule has 1 atom stereocenters. The minimum Gasteiger partial charge on any atom is -0.325 e. The van der Waals surface area contributed by atoms with E-state index in [-0.39, 0.29) is 18.3 Å². The van der Waals surface area contributed by atoms with E-state index in [1.807, 2.05) is 6.07 Å². The zero-order valence-corrected chi connectivity index (χ0v) is 14.8. The van der Waals surface area contributed by atoms with Gasteiger partial charge in [-0.15, -0.1) is 12.4 Å². The number of anilines is 1. The fourth-order valence-electron chi connectivity index (χ4n) is 3.65. The van der Waals surface area contributed by atoms with Crippen LogP contribution in [0.15, 0.2) is 18.2 Å². The zero-order chi connectivity index (χ0) is 15.4. The number of rotatable bonds is 4. The van der Waals surface area contributed by atoms with Crippen LogP contribution in [0.1, 0.15) is 36.8 Å². The van der Waals surface area contributed by atoms with E-state index in [1.54, 1.807) is 0 Å². The van der Waals surface area contributed by atoms with E-state index in [0.29, 0.717) is 12.6 Å². The van der Waals surface area contributed by atoms with Gasteiger partial charge in [-0.25, -0.2) is 0 Å². The largest absolute Gasteiger partial charge is 0.325 e. The lowest BCUT2D eigenvalue weighted by molar-refractivity contribution is -0.117. The molecule has 2 aliphatic rings. The topological polar surface area (TPSA) is 44.4 Å². The van der Waals surface area contributed by atoms with Gasteiger partial charge in [0.25, 0.3) is 0 Å². The van der Waals surface area contributed by atoms with Crippen molar-refractivity contribution in [1.82, 2.24) is 10.2 Å². The molecule has 0 radical (unpaired) electrons. The molecule has 5 heteroatoms. The van der Waals surface area contributed by atoms with Crippen molar-refractivity contribution < 1.29 is 4.79 Å². The van der Waals surface area contributed by atoms with Gasteiger partial charge in [-0.2, -0.15) is 0 Å². The number of nitrogens with one attached hydrogen (secondary N) is 2. The fourth-order valence-corrected chi connectivity index (χ4v) is 3.65. The van der Waals surface area contributed by atoms with Gasteiger partial charge >= 0.3 is 0 Å². The molecular formula is C18H28ClN3O. The van der Waals surface area contributed by atoms with E-state index in [2.05, 4.69) is 34.7 Å². The molecule has 0 aromatic heterocycles. The highest BCUT2D eigenvalue weighted by Gasteiger charge is 2.19. The second-order valence-corrected chi connectivity index (χ2v) is 6.64. The molecule has 3 rings (SSSR count). The van der Waals surface area contributed by atoms with Crippen LogP contribution in [0.25, 0.3) is 0 Å². The summed E-state index contributed by atoms with van der Waals surface area (Å²) in [5.41, 5.74) is 3.80. The number of carbonyl (C=O) groups excluding carboxylic acids is 1. The number of carbonyl (C=O) groups is 1. The maximum absolute atomic E-state index is 12.3. The van der Waals surface area contributed by atoms with Crippen LogP contribution >= 0.6 is 12.4 Å². The van der Waals surface area contributed by atoms with Crippen molar-refractivity contribution in [2.24, 2.45) is 0 Å². The Bertz CT molecular complexity index is 527. The summed E-state index contributed by atoms with van der Waals surface area (Å²) < 4.78 is 0.